The number of rotatable bonds is 12. The van der Waals surface area contributed by atoms with Gasteiger partial charge in [0.2, 0.25) is 11.8 Å². The van der Waals surface area contributed by atoms with E-state index in [0.29, 0.717) is 18.7 Å². The Morgan fingerprint density at radius 3 is 2.11 bits per heavy atom. The molecular weight excluding hydrogens is 456 g/mol. The van der Waals surface area contributed by atoms with Crippen LogP contribution in [0.2, 0.25) is 0 Å². The van der Waals surface area contributed by atoms with Crippen LogP contribution in [-0.2, 0) is 29.1 Å². The highest BCUT2D eigenvalue weighted by Crippen LogP contribution is 2.18. The molecule has 0 heterocycles. The molecule has 8 heteroatoms. The van der Waals surface area contributed by atoms with Gasteiger partial charge in [0.15, 0.2) is 0 Å². The number of carbonyl (C=O) groups is 2. The summed E-state index contributed by atoms with van der Waals surface area (Å²) in [5.41, 5.74) is 15.0. The lowest BCUT2D eigenvalue weighted by Crippen LogP contribution is -2.54. The minimum absolute atomic E-state index is 0.232. The molecule has 0 aliphatic carbocycles. The van der Waals surface area contributed by atoms with Crippen molar-refractivity contribution in [3.05, 3.63) is 101 Å². The molecule has 0 aliphatic rings. The van der Waals surface area contributed by atoms with Crippen LogP contribution >= 0.6 is 0 Å². The quantitative estimate of drug-likeness (QED) is 0.263. The van der Waals surface area contributed by atoms with Crippen molar-refractivity contribution >= 4 is 11.8 Å². The van der Waals surface area contributed by atoms with E-state index in [1.54, 1.807) is 24.3 Å². The Bertz CT molecular complexity index is 1100. The number of ether oxygens (including phenoxy) is 1. The summed E-state index contributed by atoms with van der Waals surface area (Å²) < 4.78 is 5.44. The largest absolute Gasteiger partial charge is 0.494 e. The predicted molar refractivity (Wildman–Crippen MR) is 139 cm³/mol. The van der Waals surface area contributed by atoms with Crippen LogP contribution in [0, 0.1) is 0 Å². The van der Waals surface area contributed by atoms with Crippen molar-refractivity contribution in [3.8, 4) is 5.75 Å². The number of hydrogen-bond acceptors (Lipinski definition) is 6. The van der Waals surface area contributed by atoms with Crippen molar-refractivity contribution < 1.29 is 19.4 Å². The molecule has 0 saturated carbocycles. The number of aliphatic hydroxyl groups is 1. The third-order valence-corrected chi connectivity index (χ3v) is 5.79. The average Bonchev–Trinajstić information content (AvgIpc) is 2.91. The molecule has 0 bridgehead atoms. The zero-order valence-corrected chi connectivity index (χ0v) is 20.4. The molecule has 3 atom stereocenters. The maximum Gasteiger partial charge on any atom is 0.245 e. The molecule has 3 aromatic carbocycles. The van der Waals surface area contributed by atoms with E-state index in [4.69, 9.17) is 16.2 Å². The maximum absolute atomic E-state index is 13.1. The SMILES string of the molecule is CCOc1ccc(C[C@@H](N)C(=O)N[C@@H](C(=O)NCc2ccc(CN)cc2)[C@@H](O)c2ccccc2)cc1. The number of nitrogens with two attached hydrogens (primary N) is 2. The summed E-state index contributed by atoms with van der Waals surface area (Å²) >= 11 is 0. The van der Waals surface area contributed by atoms with Crippen molar-refractivity contribution in [1.82, 2.24) is 10.6 Å². The van der Waals surface area contributed by atoms with Crippen molar-refractivity contribution in [2.45, 2.75) is 44.6 Å². The van der Waals surface area contributed by atoms with E-state index >= 15 is 0 Å². The van der Waals surface area contributed by atoms with Crippen LogP contribution < -0.4 is 26.8 Å². The highest BCUT2D eigenvalue weighted by molar-refractivity contribution is 5.90. The van der Waals surface area contributed by atoms with Gasteiger partial charge in [-0.1, -0.05) is 66.7 Å². The molecule has 0 unspecified atom stereocenters. The molecule has 190 valence electrons. The van der Waals surface area contributed by atoms with Crippen molar-refractivity contribution in [1.29, 1.82) is 0 Å². The van der Waals surface area contributed by atoms with Gasteiger partial charge in [-0.2, -0.15) is 0 Å². The Hall–Kier alpha value is -3.72. The van der Waals surface area contributed by atoms with E-state index in [2.05, 4.69) is 10.6 Å². The fraction of sp³-hybridized carbons (Fsp3) is 0.286. The van der Waals surface area contributed by atoms with Gasteiger partial charge in [0, 0.05) is 13.1 Å². The molecule has 0 aliphatic heterocycles. The standard InChI is InChI=1S/C28H34N4O4/c1-2-36-23-14-12-19(13-15-23)16-24(30)27(34)32-25(26(33)22-6-4-3-5-7-22)28(35)31-18-21-10-8-20(17-29)9-11-21/h3-15,24-26,33H,2,16-18,29-30H2,1H3,(H,31,35)(H,32,34)/t24-,25-,26+/m1/s1. The Morgan fingerprint density at radius 2 is 1.50 bits per heavy atom. The molecular formula is C28H34N4O4. The average molecular weight is 491 g/mol. The highest BCUT2D eigenvalue weighted by atomic mass is 16.5. The van der Waals surface area contributed by atoms with Crippen LogP contribution in [-0.4, -0.2) is 35.6 Å². The van der Waals surface area contributed by atoms with Gasteiger partial charge in [-0.15, -0.1) is 0 Å². The monoisotopic (exact) mass is 490 g/mol. The van der Waals surface area contributed by atoms with Gasteiger partial charge in [0.1, 0.15) is 17.9 Å². The second-order valence-corrected chi connectivity index (χ2v) is 8.47. The van der Waals surface area contributed by atoms with Crippen LogP contribution in [0.5, 0.6) is 5.75 Å². The van der Waals surface area contributed by atoms with Gasteiger partial charge in [0.25, 0.3) is 0 Å². The molecule has 0 fully saturated rings. The van der Waals surface area contributed by atoms with Gasteiger partial charge < -0.3 is 31.9 Å². The number of amides is 2. The highest BCUT2D eigenvalue weighted by Gasteiger charge is 2.31. The first-order valence-corrected chi connectivity index (χ1v) is 12.0. The van der Waals surface area contributed by atoms with Gasteiger partial charge >= 0.3 is 0 Å². The van der Waals surface area contributed by atoms with Crippen molar-refractivity contribution in [2.75, 3.05) is 6.61 Å². The summed E-state index contributed by atoms with van der Waals surface area (Å²) in [7, 11) is 0. The molecule has 0 saturated heterocycles. The lowest BCUT2D eigenvalue weighted by atomic mass is 10.00. The minimum Gasteiger partial charge on any atom is -0.494 e. The molecule has 8 nitrogen and oxygen atoms in total. The number of nitrogens with one attached hydrogen (secondary N) is 2. The van der Waals surface area contributed by atoms with Crippen molar-refractivity contribution in [2.24, 2.45) is 11.5 Å². The molecule has 7 N–H and O–H groups in total. The molecule has 0 aromatic heterocycles. The van der Waals surface area contributed by atoms with Crippen LogP contribution in [0.3, 0.4) is 0 Å². The second kappa shape index (κ2) is 13.4. The van der Waals surface area contributed by atoms with Gasteiger partial charge in [-0.25, -0.2) is 0 Å². The molecule has 36 heavy (non-hydrogen) atoms. The number of carbonyl (C=O) groups excluding carboxylic acids is 2. The summed E-state index contributed by atoms with van der Waals surface area (Å²) in [5.74, 6) is -0.318. The van der Waals surface area contributed by atoms with E-state index in [9.17, 15) is 14.7 Å². The zero-order valence-electron chi connectivity index (χ0n) is 20.4. The summed E-state index contributed by atoms with van der Waals surface area (Å²) in [4.78, 5) is 26.1. The summed E-state index contributed by atoms with van der Waals surface area (Å²) in [6.07, 6.45) is -0.992. The lowest BCUT2D eigenvalue weighted by molar-refractivity contribution is -0.132. The van der Waals surface area contributed by atoms with E-state index in [1.165, 1.54) is 0 Å². The summed E-state index contributed by atoms with van der Waals surface area (Å²) in [6, 6.07) is 21.4. The number of aliphatic hydroxyl groups excluding tert-OH is 1. The Balaban J connectivity index is 1.68. The van der Waals surface area contributed by atoms with Crippen molar-refractivity contribution in [3.63, 3.8) is 0 Å². The van der Waals surface area contributed by atoms with Gasteiger partial charge in [0.05, 0.1) is 12.6 Å². The Kier molecular flexibility index (Phi) is 10.00. The number of benzene rings is 3. The fourth-order valence-electron chi connectivity index (χ4n) is 3.72. The van der Waals surface area contributed by atoms with Gasteiger partial charge in [-0.05, 0) is 47.7 Å². The smallest absolute Gasteiger partial charge is 0.245 e. The molecule has 3 aromatic rings. The fourth-order valence-corrected chi connectivity index (χ4v) is 3.72. The molecule has 0 spiro atoms. The lowest BCUT2D eigenvalue weighted by Gasteiger charge is -2.25. The maximum atomic E-state index is 13.1. The normalized spacial score (nSPS) is 13.3. The third kappa shape index (κ3) is 7.64. The van der Waals surface area contributed by atoms with Crippen LogP contribution in [0.25, 0.3) is 0 Å². The predicted octanol–water partition coefficient (Wildman–Crippen LogP) is 1.95. The van der Waals surface area contributed by atoms with E-state index in [-0.39, 0.29) is 13.0 Å². The van der Waals surface area contributed by atoms with E-state index in [0.717, 1.165) is 22.4 Å². The first kappa shape index (κ1) is 26.9. The Morgan fingerprint density at radius 1 is 0.889 bits per heavy atom. The first-order valence-electron chi connectivity index (χ1n) is 12.0. The molecule has 0 radical (unpaired) electrons. The third-order valence-electron chi connectivity index (χ3n) is 5.79. The van der Waals surface area contributed by atoms with E-state index < -0.39 is 30.0 Å². The first-order chi connectivity index (χ1) is 17.4. The minimum atomic E-state index is -1.26. The topological polar surface area (TPSA) is 140 Å². The van der Waals surface area contributed by atoms with Crippen LogP contribution in [0.15, 0.2) is 78.9 Å². The zero-order chi connectivity index (χ0) is 25.9. The van der Waals surface area contributed by atoms with E-state index in [1.807, 2.05) is 61.5 Å². The molecule has 2 amide bonds. The number of hydrogen-bond donors (Lipinski definition) is 5. The molecule has 3 rings (SSSR count). The Labute approximate surface area is 211 Å². The second-order valence-electron chi connectivity index (χ2n) is 8.47. The van der Waals surface area contributed by atoms with Crippen LogP contribution in [0.1, 0.15) is 35.3 Å². The van der Waals surface area contributed by atoms with Gasteiger partial charge in [-0.3, -0.25) is 9.59 Å². The van der Waals surface area contributed by atoms with Crippen LogP contribution in [0.4, 0.5) is 0 Å². The summed E-state index contributed by atoms with van der Waals surface area (Å²) in [5, 5.41) is 16.4. The summed E-state index contributed by atoms with van der Waals surface area (Å²) in [6.45, 7) is 3.13.